The molecule has 0 atom stereocenters. The van der Waals surface area contributed by atoms with E-state index in [9.17, 15) is 10.1 Å². The molecular formula is C28H25N5O2. The molecule has 1 amide bonds. The molecule has 1 aliphatic heterocycles. The van der Waals surface area contributed by atoms with Gasteiger partial charge >= 0.3 is 0 Å². The molecule has 0 fully saturated rings. The van der Waals surface area contributed by atoms with Crippen LogP contribution >= 0.6 is 0 Å². The van der Waals surface area contributed by atoms with Crippen LogP contribution in [-0.4, -0.2) is 27.2 Å². The summed E-state index contributed by atoms with van der Waals surface area (Å²) in [6.07, 6.45) is 3.14. The van der Waals surface area contributed by atoms with Gasteiger partial charge in [0.2, 0.25) is 0 Å². The highest BCUT2D eigenvalue weighted by Crippen LogP contribution is 2.37. The maximum Gasteiger partial charge on any atom is 0.270 e. The summed E-state index contributed by atoms with van der Waals surface area (Å²) in [7, 11) is 0. The summed E-state index contributed by atoms with van der Waals surface area (Å²) in [5.41, 5.74) is 6.07. The van der Waals surface area contributed by atoms with Crippen LogP contribution < -0.4 is 10.1 Å². The van der Waals surface area contributed by atoms with Crippen LogP contribution in [0, 0.1) is 11.3 Å². The first-order valence-corrected chi connectivity index (χ1v) is 11.6. The monoisotopic (exact) mass is 463 g/mol. The summed E-state index contributed by atoms with van der Waals surface area (Å²) in [6, 6.07) is 20.0. The number of amides is 1. The Morgan fingerprint density at radius 1 is 1.11 bits per heavy atom. The van der Waals surface area contributed by atoms with Gasteiger partial charge in [0.1, 0.15) is 29.8 Å². The lowest BCUT2D eigenvalue weighted by molar-refractivity contribution is 0.0925. The zero-order chi connectivity index (χ0) is 24.4. The number of fused-ring (bicyclic) bond motifs is 1. The number of carbonyl (C=O) groups is 1. The predicted molar refractivity (Wildman–Crippen MR) is 133 cm³/mol. The molecule has 0 radical (unpaired) electrons. The Morgan fingerprint density at radius 3 is 2.60 bits per heavy atom. The van der Waals surface area contributed by atoms with E-state index in [2.05, 4.69) is 54.5 Å². The van der Waals surface area contributed by atoms with Crippen LogP contribution in [0.15, 0.2) is 67.0 Å². The lowest BCUT2D eigenvalue weighted by atomic mass is 9.96. The van der Waals surface area contributed by atoms with E-state index in [-0.39, 0.29) is 5.91 Å². The lowest BCUT2D eigenvalue weighted by Gasteiger charge is -2.15. The topological polar surface area (TPSA) is 92.8 Å². The first-order valence-electron chi connectivity index (χ1n) is 11.6. The van der Waals surface area contributed by atoms with Crippen molar-refractivity contribution in [1.82, 2.24) is 20.1 Å². The molecule has 4 aromatic rings. The molecule has 7 nitrogen and oxygen atoms in total. The molecule has 5 rings (SSSR count). The van der Waals surface area contributed by atoms with Crippen LogP contribution in [0.4, 0.5) is 0 Å². The summed E-state index contributed by atoms with van der Waals surface area (Å²) in [6.45, 7) is 5.90. The van der Waals surface area contributed by atoms with Crippen molar-refractivity contribution >= 4 is 5.91 Å². The normalized spacial score (nSPS) is 12.7. The molecule has 0 bridgehead atoms. The fourth-order valence-corrected chi connectivity index (χ4v) is 4.25. The van der Waals surface area contributed by atoms with Gasteiger partial charge in [0.05, 0.1) is 12.1 Å². The van der Waals surface area contributed by atoms with Crippen molar-refractivity contribution in [3.63, 3.8) is 0 Å². The number of rotatable bonds is 6. The highest BCUT2D eigenvalue weighted by Gasteiger charge is 2.28. The third-order valence-corrected chi connectivity index (χ3v) is 6.17. The van der Waals surface area contributed by atoms with Gasteiger partial charge in [-0.15, -0.1) is 0 Å². The van der Waals surface area contributed by atoms with Crippen LogP contribution in [0.5, 0.6) is 5.75 Å². The number of nitrogens with one attached hydrogen (secondary N) is 1. The number of carbonyl (C=O) groups excluding carboxylic acids is 1. The molecule has 0 unspecified atom stereocenters. The van der Waals surface area contributed by atoms with Gasteiger partial charge in [-0.25, -0.2) is 0 Å². The Hall–Kier alpha value is -4.44. The van der Waals surface area contributed by atoms with E-state index in [1.165, 1.54) is 11.8 Å². The third-order valence-electron chi connectivity index (χ3n) is 6.17. The molecule has 2 aromatic heterocycles. The smallest absolute Gasteiger partial charge is 0.270 e. The second-order valence-electron chi connectivity index (χ2n) is 8.79. The zero-order valence-electron chi connectivity index (χ0n) is 19.7. The number of hydrogen-bond acceptors (Lipinski definition) is 5. The van der Waals surface area contributed by atoms with Crippen LogP contribution in [-0.2, 0) is 13.2 Å². The summed E-state index contributed by atoms with van der Waals surface area (Å²) in [5.74, 6) is 1.05. The Morgan fingerprint density at radius 2 is 1.89 bits per heavy atom. The van der Waals surface area contributed by atoms with Crippen molar-refractivity contribution < 1.29 is 9.53 Å². The third kappa shape index (κ3) is 4.38. The molecule has 2 aromatic carbocycles. The van der Waals surface area contributed by atoms with Crippen molar-refractivity contribution in [2.75, 3.05) is 6.54 Å². The number of hydrogen-bond donors (Lipinski definition) is 1. The average molecular weight is 464 g/mol. The first-order chi connectivity index (χ1) is 17.0. The summed E-state index contributed by atoms with van der Waals surface area (Å²) in [4.78, 5) is 16.9. The number of ether oxygens (including phenoxy) is 1. The van der Waals surface area contributed by atoms with Crippen LogP contribution in [0.1, 0.15) is 46.9 Å². The number of aromatic nitrogens is 3. The molecule has 1 N–H and O–H groups in total. The summed E-state index contributed by atoms with van der Waals surface area (Å²) in [5, 5.41) is 17.2. The van der Waals surface area contributed by atoms with Crippen molar-refractivity contribution in [3.05, 3.63) is 89.4 Å². The number of nitriles is 1. The Bertz CT molecular complexity index is 1410. The molecule has 0 saturated heterocycles. The van der Waals surface area contributed by atoms with E-state index in [1.807, 2.05) is 24.3 Å². The Labute approximate surface area is 204 Å². The van der Waals surface area contributed by atoms with Crippen molar-refractivity contribution in [2.45, 2.75) is 32.9 Å². The second kappa shape index (κ2) is 9.43. The van der Waals surface area contributed by atoms with E-state index < -0.39 is 0 Å². The molecule has 0 saturated carbocycles. The molecule has 7 heteroatoms. The van der Waals surface area contributed by atoms with Crippen molar-refractivity contribution in [3.8, 4) is 34.2 Å². The van der Waals surface area contributed by atoms with Gasteiger partial charge < -0.3 is 10.1 Å². The highest BCUT2D eigenvalue weighted by molar-refractivity contribution is 6.03. The highest BCUT2D eigenvalue weighted by atomic mass is 16.5. The van der Waals surface area contributed by atoms with Crippen LogP contribution in [0.3, 0.4) is 0 Å². The summed E-state index contributed by atoms with van der Waals surface area (Å²) < 4.78 is 7.72. The molecule has 1 aliphatic rings. The van der Waals surface area contributed by atoms with Crippen molar-refractivity contribution in [2.24, 2.45) is 0 Å². The van der Waals surface area contributed by atoms with Gasteiger partial charge in [-0.2, -0.15) is 10.4 Å². The predicted octanol–water partition coefficient (Wildman–Crippen LogP) is 4.93. The largest absolute Gasteiger partial charge is 0.489 e. The Kier molecular flexibility index (Phi) is 6.02. The second-order valence-corrected chi connectivity index (χ2v) is 8.79. The van der Waals surface area contributed by atoms with Gasteiger partial charge in [0, 0.05) is 30.1 Å². The maximum atomic E-state index is 12.8. The number of nitrogens with zero attached hydrogens (tertiary/aromatic N) is 4. The zero-order valence-corrected chi connectivity index (χ0v) is 19.7. The molecule has 174 valence electrons. The van der Waals surface area contributed by atoms with Crippen LogP contribution in [0.2, 0.25) is 0 Å². The minimum atomic E-state index is -0.178. The number of pyridine rings is 1. The first kappa shape index (κ1) is 22.4. The molecule has 35 heavy (non-hydrogen) atoms. The Balaban J connectivity index is 1.46. The van der Waals surface area contributed by atoms with E-state index in [0.717, 1.165) is 16.9 Å². The maximum absolute atomic E-state index is 12.8. The molecular weight excluding hydrogens is 438 g/mol. The SMILES string of the molecule is CC(C)c1ccc(COc2ccc(-c3c(-c4ccncc4C#N)nn4c3C(=O)NCC4)cc2)cc1. The van der Waals surface area contributed by atoms with Gasteiger partial charge in [-0.1, -0.05) is 50.2 Å². The molecule has 3 heterocycles. The lowest BCUT2D eigenvalue weighted by Crippen LogP contribution is -2.35. The minimum absolute atomic E-state index is 0.178. The number of benzene rings is 2. The van der Waals surface area contributed by atoms with Gasteiger partial charge in [-0.3, -0.25) is 14.5 Å². The minimum Gasteiger partial charge on any atom is -0.489 e. The van der Waals surface area contributed by atoms with Gasteiger partial charge in [0.15, 0.2) is 0 Å². The van der Waals surface area contributed by atoms with E-state index in [0.29, 0.717) is 53.7 Å². The van der Waals surface area contributed by atoms with E-state index in [4.69, 9.17) is 9.84 Å². The molecule has 0 aliphatic carbocycles. The quantitative estimate of drug-likeness (QED) is 0.438. The van der Waals surface area contributed by atoms with E-state index in [1.54, 1.807) is 16.9 Å². The average Bonchev–Trinajstić information content (AvgIpc) is 3.29. The van der Waals surface area contributed by atoms with Gasteiger partial charge in [-0.05, 0) is 40.8 Å². The van der Waals surface area contributed by atoms with Gasteiger partial charge in [0.25, 0.3) is 5.91 Å². The van der Waals surface area contributed by atoms with Crippen molar-refractivity contribution in [1.29, 1.82) is 5.26 Å². The fraction of sp³-hybridized carbons (Fsp3) is 0.214. The standard InChI is InChI=1S/C28H25N5O2/c1-18(2)20-5-3-19(4-6-20)17-35-23-9-7-21(8-10-23)25-26(24-11-12-30-16-22(24)15-29)32-33-14-13-31-28(34)27(25)33/h3-12,16,18H,13-14,17H2,1-2H3,(H,31,34). The van der Waals surface area contributed by atoms with Crippen LogP contribution in [0.25, 0.3) is 22.4 Å². The van der Waals surface area contributed by atoms with E-state index >= 15 is 0 Å². The molecule has 0 spiro atoms. The fourth-order valence-electron chi connectivity index (χ4n) is 4.25. The summed E-state index contributed by atoms with van der Waals surface area (Å²) >= 11 is 0.